The molecule has 122 valence electrons. The molecule has 0 aliphatic heterocycles. The topological polar surface area (TPSA) is 54.6 Å². The van der Waals surface area contributed by atoms with Crippen LogP contribution in [0.2, 0.25) is 5.02 Å². The molecule has 0 saturated carbocycles. The van der Waals surface area contributed by atoms with Crippen LogP contribution in [0.5, 0.6) is 0 Å². The standard InChI is InChI=1S/C20H13ClN2O2/c21-17-6-4-13(5-7-17)19-12-18-11-15(8-9-23(18)22-19)14-2-1-3-16(10-14)20(24)25/h1-12H,(H,24,25). The number of aromatic carboxylic acids is 1. The molecule has 0 bridgehead atoms. The highest BCUT2D eigenvalue weighted by molar-refractivity contribution is 6.30. The van der Waals surface area contributed by atoms with Crippen molar-refractivity contribution in [1.82, 2.24) is 9.61 Å². The molecule has 2 aromatic carbocycles. The zero-order chi connectivity index (χ0) is 17.4. The van der Waals surface area contributed by atoms with E-state index in [2.05, 4.69) is 5.10 Å². The third-order valence-electron chi connectivity index (χ3n) is 4.05. The molecule has 2 aromatic heterocycles. The Morgan fingerprint density at radius 3 is 2.44 bits per heavy atom. The minimum Gasteiger partial charge on any atom is -0.478 e. The highest BCUT2D eigenvalue weighted by Gasteiger charge is 2.08. The summed E-state index contributed by atoms with van der Waals surface area (Å²) in [5.74, 6) is -0.933. The second-order valence-electron chi connectivity index (χ2n) is 5.71. The smallest absolute Gasteiger partial charge is 0.335 e. The Balaban J connectivity index is 1.77. The summed E-state index contributed by atoms with van der Waals surface area (Å²) in [6.07, 6.45) is 1.87. The SMILES string of the molecule is O=C(O)c1cccc(-c2ccn3nc(-c4ccc(Cl)cc4)cc3c2)c1. The van der Waals surface area contributed by atoms with Crippen LogP contribution in [0.25, 0.3) is 27.9 Å². The molecule has 25 heavy (non-hydrogen) atoms. The van der Waals surface area contributed by atoms with Gasteiger partial charge in [-0.2, -0.15) is 5.10 Å². The van der Waals surface area contributed by atoms with Gasteiger partial charge in [-0.15, -0.1) is 0 Å². The molecule has 0 aliphatic rings. The van der Waals surface area contributed by atoms with Crippen LogP contribution in [0.4, 0.5) is 0 Å². The fraction of sp³-hybridized carbons (Fsp3) is 0. The molecule has 4 rings (SSSR count). The Morgan fingerprint density at radius 1 is 0.920 bits per heavy atom. The number of hydrogen-bond acceptors (Lipinski definition) is 2. The first-order valence-corrected chi connectivity index (χ1v) is 8.07. The number of fused-ring (bicyclic) bond motifs is 1. The predicted molar refractivity (Wildman–Crippen MR) is 98.0 cm³/mol. The number of carbonyl (C=O) groups is 1. The Labute approximate surface area is 148 Å². The van der Waals surface area contributed by atoms with Gasteiger partial charge in [-0.05, 0) is 53.6 Å². The molecular weight excluding hydrogens is 336 g/mol. The number of rotatable bonds is 3. The lowest BCUT2D eigenvalue weighted by atomic mass is 10.0. The maximum Gasteiger partial charge on any atom is 0.335 e. The normalized spacial score (nSPS) is 10.9. The zero-order valence-electron chi connectivity index (χ0n) is 13.1. The fourth-order valence-corrected chi connectivity index (χ4v) is 2.89. The lowest BCUT2D eigenvalue weighted by molar-refractivity contribution is 0.0697. The van der Waals surface area contributed by atoms with Crippen LogP contribution in [0, 0.1) is 0 Å². The lowest BCUT2D eigenvalue weighted by Crippen LogP contribution is -1.96. The Hall–Kier alpha value is -3.11. The quantitative estimate of drug-likeness (QED) is 0.565. The van der Waals surface area contributed by atoms with Gasteiger partial charge in [-0.3, -0.25) is 0 Å². The number of pyridine rings is 1. The molecule has 0 fully saturated rings. The number of benzene rings is 2. The van der Waals surface area contributed by atoms with Crippen molar-refractivity contribution in [3.8, 4) is 22.4 Å². The van der Waals surface area contributed by atoms with E-state index in [1.807, 2.05) is 54.7 Å². The van der Waals surface area contributed by atoms with Crippen LogP contribution in [-0.2, 0) is 0 Å². The van der Waals surface area contributed by atoms with Gasteiger partial charge in [0.25, 0.3) is 0 Å². The van der Waals surface area contributed by atoms with Crippen molar-refractivity contribution in [2.75, 3.05) is 0 Å². The molecule has 0 spiro atoms. The number of hydrogen-bond donors (Lipinski definition) is 1. The number of carboxylic acid groups (broad SMARTS) is 1. The van der Waals surface area contributed by atoms with Crippen molar-refractivity contribution in [3.05, 3.63) is 83.5 Å². The van der Waals surface area contributed by atoms with Gasteiger partial charge in [0.1, 0.15) is 0 Å². The average Bonchev–Trinajstić information content (AvgIpc) is 3.05. The molecule has 0 atom stereocenters. The summed E-state index contributed by atoms with van der Waals surface area (Å²) in [5.41, 5.74) is 4.85. The van der Waals surface area contributed by atoms with E-state index < -0.39 is 5.97 Å². The van der Waals surface area contributed by atoms with Crippen molar-refractivity contribution >= 4 is 23.1 Å². The lowest BCUT2D eigenvalue weighted by Gasteiger charge is -2.03. The Morgan fingerprint density at radius 2 is 1.68 bits per heavy atom. The van der Waals surface area contributed by atoms with Gasteiger partial charge in [-0.25, -0.2) is 9.31 Å². The van der Waals surface area contributed by atoms with Gasteiger partial charge in [-0.1, -0.05) is 35.9 Å². The van der Waals surface area contributed by atoms with Crippen molar-refractivity contribution in [2.24, 2.45) is 0 Å². The number of carboxylic acids is 1. The number of nitrogens with zero attached hydrogens (tertiary/aromatic N) is 2. The number of aromatic nitrogens is 2. The highest BCUT2D eigenvalue weighted by atomic mass is 35.5. The summed E-state index contributed by atoms with van der Waals surface area (Å²) in [4.78, 5) is 11.2. The van der Waals surface area contributed by atoms with Crippen LogP contribution in [0.1, 0.15) is 10.4 Å². The fourth-order valence-electron chi connectivity index (χ4n) is 2.77. The van der Waals surface area contributed by atoms with Gasteiger partial charge >= 0.3 is 5.97 Å². The molecule has 0 amide bonds. The first kappa shape index (κ1) is 15.4. The molecule has 1 N–H and O–H groups in total. The van der Waals surface area contributed by atoms with Gasteiger partial charge in [0, 0.05) is 16.8 Å². The molecular formula is C20H13ClN2O2. The van der Waals surface area contributed by atoms with Gasteiger partial charge in [0.05, 0.1) is 16.8 Å². The van der Waals surface area contributed by atoms with E-state index in [0.717, 1.165) is 27.9 Å². The first-order valence-electron chi connectivity index (χ1n) is 7.69. The molecule has 0 unspecified atom stereocenters. The minimum atomic E-state index is -0.933. The molecule has 0 radical (unpaired) electrons. The summed E-state index contributed by atoms with van der Waals surface area (Å²) in [7, 11) is 0. The molecule has 0 saturated heterocycles. The average molecular weight is 349 g/mol. The van der Waals surface area contributed by atoms with Crippen LogP contribution in [0.15, 0.2) is 72.9 Å². The molecule has 5 heteroatoms. The van der Waals surface area contributed by atoms with Gasteiger partial charge in [0.15, 0.2) is 0 Å². The monoisotopic (exact) mass is 348 g/mol. The van der Waals surface area contributed by atoms with Crippen LogP contribution in [-0.4, -0.2) is 20.7 Å². The van der Waals surface area contributed by atoms with E-state index >= 15 is 0 Å². The van der Waals surface area contributed by atoms with E-state index in [1.165, 1.54) is 0 Å². The van der Waals surface area contributed by atoms with Crippen LogP contribution in [0.3, 0.4) is 0 Å². The van der Waals surface area contributed by atoms with E-state index in [4.69, 9.17) is 16.7 Å². The van der Waals surface area contributed by atoms with E-state index in [-0.39, 0.29) is 5.56 Å². The summed E-state index contributed by atoms with van der Waals surface area (Å²) in [6, 6.07) is 20.4. The maximum absolute atomic E-state index is 11.2. The van der Waals surface area contributed by atoms with Crippen molar-refractivity contribution in [3.63, 3.8) is 0 Å². The third kappa shape index (κ3) is 2.99. The Bertz CT molecular complexity index is 1080. The largest absolute Gasteiger partial charge is 0.478 e. The molecule has 2 heterocycles. The van der Waals surface area contributed by atoms with Crippen LogP contribution < -0.4 is 0 Å². The summed E-state index contributed by atoms with van der Waals surface area (Å²) < 4.78 is 1.80. The van der Waals surface area contributed by atoms with E-state index in [9.17, 15) is 4.79 Å². The van der Waals surface area contributed by atoms with Gasteiger partial charge < -0.3 is 5.11 Å². The second-order valence-corrected chi connectivity index (χ2v) is 6.14. The second kappa shape index (κ2) is 6.07. The molecule has 4 aromatic rings. The van der Waals surface area contributed by atoms with Crippen LogP contribution >= 0.6 is 11.6 Å². The van der Waals surface area contributed by atoms with Gasteiger partial charge in [0.2, 0.25) is 0 Å². The van der Waals surface area contributed by atoms with Crippen molar-refractivity contribution in [1.29, 1.82) is 0 Å². The van der Waals surface area contributed by atoms with Crippen molar-refractivity contribution < 1.29 is 9.90 Å². The number of halogens is 1. The maximum atomic E-state index is 11.2. The zero-order valence-corrected chi connectivity index (χ0v) is 13.8. The highest BCUT2D eigenvalue weighted by Crippen LogP contribution is 2.26. The summed E-state index contributed by atoms with van der Waals surface area (Å²) >= 11 is 5.93. The third-order valence-corrected chi connectivity index (χ3v) is 4.30. The van der Waals surface area contributed by atoms with E-state index in [1.54, 1.807) is 22.7 Å². The first-order chi connectivity index (χ1) is 12.1. The van der Waals surface area contributed by atoms with Crippen molar-refractivity contribution in [2.45, 2.75) is 0 Å². The minimum absolute atomic E-state index is 0.271. The molecule has 4 nitrogen and oxygen atoms in total. The molecule has 0 aliphatic carbocycles. The summed E-state index contributed by atoms with van der Waals surface area (Å²) in [5, 5.41) is 14.4. The van der Waals surface area contributed by atoms with E-state index in [0.29, 0.717) is 5.02 Å². The summed E-state index contributed by atoms with van der Waals surface area (Å²) in [6.45, 7) is 0. The Kier molecular flexibility index (Phi) is 3.75. The predicted octanol–water partition coefficient (Wildman–Crippen LogP) is 5.02.